The van der Waals surface area contributed by atoms with Crippen molar-refractivity contribution in [2.24, 2.45) is 5.92 Å². The number of aromatic nitrogens is 2. The van der Waals surface area contributed by atoms with Crippen LogP contribution in [0.3, 0.4) is 0 Å². The third-order valence-corrected chi connectivity index (χ3v) is 7.40. The normalized spacial score (nSPS) is 15.1. The number of rotatable bonds is 9. The fourth-order valence-electron chi connectivity index (χ4n) is 5.45. The molecule has 186 valence electrons. The van der Waals surface area contributed by atoms with Crippen molar-refractivity contribution >= 4 is 16.9 Å². The summed E-state index contributed by atoms with van der Waals surface area (Å²) in [6.45, 7) is 5.81. The summed E-state index contributed by atoms with van der Waals surface area (Å²) in [7, 11) is 0. The summed E-state index contributed by atoms with van der Waals surface area (Å²) in [6, 6.07) is 23.1. The molecule has 0 aliphatic carbocycles. The molecule has 2 N–H and O–H groups in total. The lowest BCUT2D eigenvalue weighted by molar-refractivity contribution is -0.121. The minimum atomic E-state index is -0.0572. The molecule has 1 unspecified atom stereocenters. The van der Waals surface area contributed by atoms with E-state index in [2.05, 4.69) is 82.9 Å². The van der Waals surface area contributed by atoms with Gasteiger partial charge in [0.1, 0.15) is 0 Å². The van der Waals surface area contributed by atoms with E-state index in [1.807, 2.05) is 18.3 Å². The zero-order valence-electron chi connectivity index (χ0n) is 21.1. The number of hydrogen-bond donors (Lipinski definition) is 2. The summed E-state index contributed by atoms with van der Waals surface area (Å²) in [5, 5.41) is 6.64. The first-order valence-electron chi connectivity index (χ1n) is 13.2. The monoisotopic (exact) mass is 480 g/mol. The molecule has 4 aromatic rings. The second-order valence-electron chi connectivity index (χ2n) is 10.1. The van der Waals surface area contributed by atoms with Crippen LogP contribution in [0.15, 0.2) is 79.1 Å². The van der Waals surface area contributed by atoms with Crippen molar-refractivity contribution in [1.29, 1.82) is 0 Å². The van der Waals surface area contributed by atoms with Gasteiger partial charge in [0.25, 0.3) is 0 Å². The molecule has 2 aromatic carbocycles. The Hall–Kier alpha value is -3.44. The van der Waals surface area contributed by atoms with Gasteiger partial charge in [0.15, 0.2) is 0 Å². The van der Waals surface area contributed by atoms with Crippen LogP contribution in [0, 0.1) is 12.8 Å². The van der Waals surface area contributed by atoms with Crippen LogP contribution in [-0.4, -0.2) is 35.1 Å². The van der Waals surface area contributed by atoms with Gasteiger partial charge < -0.3 is 15.2 Å². The first-order valence-corrected chi connectivity index (χ1v) is 13.2. The Bertz CT molecular complexity index is 1290. The fraction of sp³-hybridized carbons (Fsp3) is 0.355. The molecule has 0 spiro atoms. The van der Waals surface area contributed by atoms with E-state index in [0.29, 0.717) is 12.3 Å². The highest BCUT2D eigenvalue weighted by Crippen LogP contribution is 2.34. The Labute approximate surface area is 214 Å². The molecule has 1 fully saturated rings. The molecule has 5 nitrogen and oxygen atoms in total. The predicted octanol–water partition coefficient (Wildman–Crippen LogP) is 5.42. The maximum Gasteiger partial charge on any atom is 0.220 e. The van der Waals surface area contributed by atoms with Crippen molar-refractivity contribution in [2.75, 3.05) is 19.6 Å². The van der Waals surface area contributed by atoms with Crippen molar-refractivity contribution in [2.45, 2.75) is 45.1 Å². The Balaban J connectivity index is 1.41. The average Bonchev–Trinajstić information content (AvgIpc) is 3.26. The van der Waals surface area contributed by atoms with E-state index in [1.165, 1.54) is 24.0 Å². The Morgan fingerprint density at radius 1 is 1.08 bits per heavy atom. The lowest BCUT2D eigenvalue weighted by Gasteiger charge is -2.23. The van der Waals surface area contributed by atoms with Gasteiger partial charge in [0.05, 0.1) is 11.0 Å². The van der Waals surface area contributed by atoms with E-state index >= 15 is 0 Å². The molecule has 1 aliphatic rings. The number of aryl methyl sites for hydroxylation is 1. The van der Waals surface area contributed by atoms with Gasteiger partial charge in [-0.2, -0.15) is 0 Å². The maximum atomic E-state index is 13.2. The highest BCUT2D eigenvalue weighted by Gasteiger charge is 2.24. The van der Waals surface area contributed by atoms with Crippen molar-refractivity contribution in [3.63, 3.8) is 0 Å². The molecule has 0 saturated carbocycles. The highest BCUT2D eigenvalue weighted by molar-refractivity contribution is 5.83. The summed E-state index contributed by atoms with van der Waals surface area (Å²) in [6.07, 6.45) is 7.94. The van der Waals surface area contributed by atoms with Crippen LogP contribution >= 0.6 is 0 Å². The fourth-order valence-corrected chi connectivity index (χ4v) is 5.45. The van der Waals surface area contributed by atoms with Gasteiger partial charge in [-0.05, 0) is 68.5 Å². The highest BCUT2D eigenvalue weighted by atomic mass is 16.1. The molecule has 1 saturated heterocycles. The zero-order chi connectivity index (χ0) is 24.7. The molecule has 3 heterocycles. The van der Waals surface area contributed by atoms with Gasteiger partial charge in [-0.3, -0.25) is 9.78 Å². The summed E-state index contributed by atoms with van der Waals surface area (Å²) < 4.78 is 2.27. The molecular weight excluding hydrogens is 444 g/mol. The Morgan fingerprint density at radius 2 is 1.92 bits per heavy atom. The average molecular weight is 481 g/mol. The number of amides is 1. The van der Waals surface area contributed by atoms with Crippen molar-refractivity contribution in [3.05, 3.63) is 101 Å². The number of nitrogens with one attached hydrogen (secondary N) is 2. The molecule has 5 heteroatoms. The Morgan fingerprint density at radius 3 is 2.72 bits per heavy atom. The lowest BCUT2D eigenvalue weighted by atomic mass is 9.88. The summed E-state index contributed by atoms with van der Waals surface area (Å²) >= 11 is 0. The van der Waals surface area contributed by atoms with Gasteiger partial charge in [0.2, 0.25) is 5.91 Å². The SMILES string of the molecule is Cc1cccc(C(CC(=O)NCCC2CCNCC2)c2cn(Cc3ccccc3)c3cccnc23)c1. The van der Waals surface area contributed by atoms with Crippen LogP contribution in [-0.2, 0) is 11.3 Å². The number of carbonyl (C=O) groups excluding carboxylic acids is 1. The van der Waals surface area contributed by atoms with E-state index in [-0.39, 0.29) is 11.8 Å². The minimum Gasteiger partial charge on any atom is -0.356 e. The number of benzene rings is 2. The standard InChI is InChI=1S/C31H36N4O/c1-23-7-5-10-26(19-23)27(20-30(36)33-18-14-24-12-16-32-17-13-24)28-22-35(21-25-8-3-2-4-9-25)29-11-6-15-34-31(28)29/h2-11,15,19,22,24,27,32H,12-14,16-18,20-21H2,1H3,(H,33,36). The number of piperidine rings is 1. The number of pyridine rings is 1. The van der Waals surface area contributed by atoms with Crippen molar-refractivity contribution in [1.82, 2.24) is 20.2 Å². The molecule has 0 radical (unpaired) electrons. The van der Waals surface area contributed by atoms with Crippen LogP contribution in [0.4, 0.5) is 0 Å². The largest absolute Gasteiger partial charge is 0.356 e. The molecule has 2 aromatic heterocycles. The van der Waals surface area contributed by atoms with Gasteiger partial charge in [-0.1, -0.05) is 60.2 Å². The lowest BCUT2D eigenvalue weighted by Crippen LogP contribution is -2.31. The van der Waals surface area contributed by atoms with Crippen LogP contribution in [0.2, 0.25) is 0 Å². The number of fused-ring (bicyclic) bond motifs is 1. The van der Waals surface area contributed by atoms with Gasteiger partial charge in [0, 0.05) is 43.4 Å². The van der Waals surface area contributed by atoms with E-state index in [4.69, 9.17) is 4.98 Å². The second-order valence-corrected chi connectivity index (χ2v) is 10.1. The van der Waals surface area contributed by atoms with Gasteiger partial charge >= 0.3 is 0 Å². The topological polar surface area (TPSA) is 59.0 Å². The van der Waals surface area contributed by atoms with Crippen LogP contribution < -0.4 is 10.6 Å². The number of hydrogen-bond acceptors (Lipinski definition) is 3. The van der Waals surface area contributed by atoms with Crippen LogP contribution in [0.25, 0.3) is 11.0 Å². The van der Waals surface area contributed by atoms with Crippen molar-refractivity contribution < 1.29 is 4.79 Å². The zero-order valence-corrected chi connectivity index (χ0v) is 21.1. The molecule has 0 bridgehead atoms. The first kappa shape index (κ1) is 24.3. The van der Waals surface area contributed by atoms with E-state index in [9.17, 15) is 4.79 Å². The first-order chi connectivity index (χ1) is 17.7. The van der Waals surface area contributed by atoms with E-state index in [1.54, 1.807) is 0 Å². The third-order valence-electron chi connectivity index (χ3n) is 7.40. The summed E-state index contributed by atoms with van der Waals surface area (Å²) in [4.78, 5) is 18.0. The molecule has 36 heavy (non-hydrogen) atoms. The number of nitrogens with zero attached hydrogens (tertiary/aromatic N) is 2. The van der Waals surface area contributed by atoms with Gasteiger partial charge in [-0.15, -0.1) is 0 Å². The molecule has 1 aliphatic heterocycles. The van der Waals surface area contributed by atoms with E-state index < -0.39 is 0 Å². The third kappa shape index (κ3) is 5.85. The summed E-state index contributed by atoms with van der Waals surface area (Å²) in [5.41, 5.74) is 6.79. The summed E-state index contributed by atoms with van der Waals surface area (Å²) in [5.74, 6) is 0.757. The molecule has 1 atom stereocenters. The molecule has 5 rings (SSSR count). The minimum absolute atomic E-state index is 0.0572. The molecule has 1 amide bonds. The maximum absolute atomic E-state index is 13.2. The van der Waals surface area contributed by atoms with Crippen molar-refractivity contribution in [3.8, 4) is 0 Å². The smallest absolute Gasteiger partial charge is 0.220 e. The number of carbonyl (C=O) groups is 1. The molecular formula is C31H36N4O. The second kappa shape index (κ2) is 11.5. The van der Waals surface area contributed by atoms with E-state index in [0.717, 1.165) is 54.8 Å². The van der Waals surface area contributed by atoms with Crippen LogP contribution in [0.5, 0.6) is 0 Å². The quantitative estimate of drug-likeness (QED) is 0.336. The van der Waals surface area contributed by atoms with Gasteiger partial charge in [-0.25, -0.2) is 0 Å². The predicted molar refractivity (Wildman–Crippen MR) is 146 cm³/mol. The Kier molecular flexibility index (Phi) is 7.77. The van der Waals surface area contributed by atoms with Crippen LogP contribution in [0.1, 0.15) is 53.9 Å².